The van der Waals surface area contributed by atoms with Crippen LogP contribution < -0.4 is 10.6 Å². The lowest BCUT2D eigenvalue weighted by atomic mass is 9.85. The van der Waals surface area contributed by atoms with Crippen LogP contribution >= 0.6 is 15.9 Å². The predicted molar refractivity (Wildman–Crippen MR) is 75.8 cm³/mol. The summed E-state index contributed by atoms with van der Waals surface area (Å²) in [4.78, 5) is 2.21. The van der Waals surface area contributed by atoms with E-state index >= 15 is 0 Å². The number of rotatable bonds is 4. The lowest BCUT2D eigenvalue weighted by Gasteiger charge is -2.32. The van der Waals surface area contributed by atoms with E-state index in [0.29, 0.717) is 0 Å². The maximum absolute atomic E-state index is 7.67. The van der Waals surface area contributed by atoms with Gasteiger partial charge >= 0.3 is 0 Å². The largest absolute Gasteiger partial charge is 0.384 e. The van der Waals surface area contributed by atoms with Gasteiger partial charge in [0.05, 0.1) is 5.56 Å². The Bertz CT molecular complexity index is 427. The van der Waals surface area contributed by atoms with E-state index in [9.17, 15) is 0 Å². The number of amidine groups is 1. The lowest BCUT2D eigenvalue weighted by molar-refractivity contribution is 0.321. The van der Waals surface area contributed by atoms with Crippen LogP contribution in [0.25, 0.3) is 0 Å². The Kier molecular flexibility index (Phi) is 3.72. The lowest BCUT2D eigenvalue weighted by Crippen LogP contribution is -2.31. The van der Waals surface area contributed by atoms with Gasteiger partial charge in [-0.3, -0.25) is 5.41 Å². The molecule has 4 heteroatoms. The second kappa shape index (κ2) is 5.08. The SMILES string of the molecule is CN(CC1CCC1)c1cccc(Br)c1C(=N)N. The molecule has 0 saturated heterocycles. The van der Waals surface area contributed by atoms with E-state index in [-0.39, 0.29) is 5.84 Å². The number of halogens is 1. The van der Waals surface area contributed by atoms with Crippen molar-refractivity contribution in [1.29, 1.82) is 5.41 Å². The molecule has 2 rings (SSSR count). The van der Waals surface area contributed by atoms with Gasteiger partial charge in [-0.2, -0.15) is 0 Å². The van der Waals surface area contributed by atoms with Gasteiger partial charge in [0.25, 0.3) is 0 Å². The van der Waals surface area contributed by atoms with Gasteiger partial charge in [0.1, 0.15) is 5.84 Å². The van der Waals surface area contributed by atoms with Crippen LogP contribution in [0, 0.1) is 11.3 Å². The van der Waals surface area contributed by atoms with Crippen molar-refractivity contribution >= 4 is 27.5 Å². The zero-order chi connectivity index (χ0) is 12.4. The predicted octanol–water partition coefficient (Wildman–Crippen LogP) is 2.97. The summed E-state index contributed by atoms with van der Waals surface area (Å²) in [6.07, 6.45) is 4.01. The first-order valence-electron chi connectivity index (χ1n) is 5.93. The molecule has 1 aliphatic rings. The first-order valence-corrected chi connectivity index (χ1v) is 6.73. The van der Waals surface area contributed by atoms with Crippen LogP contribution in [0.15, 0.2) is 22.7 Å². The van der Waals surface area contributed by atoms with Crippen LogP contribution in [0.5, 0.6) is 0 Å². The van der Waals surface area contributed by atoms with Crippen LogP contribution in [0.4, 0.5) is 5.69 Å². The number of benzene rings is 1. The highest BCUT2D eigenvalue weighted by Gasteiger charge is 2.21. The molecular weight excluding hydrogens is 278 g/mol. The second-order valence-corrected chi connectivity index (χ2v) is 5.58. The number of nitrogens with zero attached hydrogens (tertiary/aromatic N) is 1. The summed E-state index contributed by atoms with van der Waals surface area (Å²) in [5.41, 5.74) is 7.50. The van der Waals surface area contributed by atoms with Gasteiger partial charge in [0, 0.05) is 23.8 Å². The third-order valence-corrected chi connectivity index (χ3v) is 4.09. The van der Waals surface area contributed by atoms with Gasteiger partial charge in [0.15, 0.2) is 0 Å². The quantitative estimate of drug-likeness (QED) is 0.663. The van der Waals surface area contributed by atoms with Crippen molar-refractivity contribution in [2.24, 2.45) is 11.7 Å². The monoisotopic (exact) mass is 295 g/mol. The van der Waals surface area contributed by atoms with E-state index in [0.717, 1.165) is 28.2 Å². The van der Waals surface area contributed by atoms with E-state index in [2.05, 4.69) is 27.9 Å². The maximum Gasteiger partial charge on any atom is 0.126 e. The van der Waals surface area contributed by atoms with E-state index in [1.54, 1.807) is 0 Å². The molecule has 3 N–H and O–H groups in total. The van der Waals surface area contributed by atoms with Gasteiger partial charge in [0.2, 0.25) is 0 Å². The van der Waals surface area contributed by atoms with Crippen molar-refractivity contribution in [2.45, 2.75) is 19.3 Å². The standard InChI is InChI=1S/C13H18BrN3/c1-17(8-9-4-2-5-9)11-7-3-6-10(14)12(11)13(15)16/h3,6-7,9H,2,4-5,8H2,1H3,(H3,15,16). The molecule has 0 bridgehead atoms. The fourth-order valence-electron chi connectivity index (χ4n) is 2.26. The van der Waals surface area contributed by atoms with Crippen LogP contribution in [-0.4, -0.2) is 19.4 Å². The van der Waals surface area contributed by atoms with Crippen LogP contribution in [0.1, 0.15) is 24.8 Å². The first-order chi connectivity index (χ1) is 8.09. The van der Waals surface area contributed by atoms with E-state index in [1.807, 2.05) is 18.2 Å². The normalized spacial score (nSPS) is 15.4. The maximum atomic E-state index is 7.67. The third kappa shape index (κ3) is 2.63. The Balaban J connectivity index is 2.23. The molecule has 3 nitrogen and oxygen atoms in total. The van der Waals surface area contributed by atoms with E-state index < -0.39 is 0 Å². The van der Waals surface area contributed by atoms with Crippen molar-refractivity contribution in [2.75, 3.05) is 18.5 Å². The number of nitrogens with one attached hydrogen (secondary N) is 1. The molecule has 0 heterocycles. The second-order valence-electron chi connectivity index (χ2n) is 4.73. The molecule has 0 aromatic heterocycles. The number of nitrogens with two attached hydrogens (primary N) is 1. The van der Waals surface area contributed by atoms with Gasteiger partial charge in [-0.25, -0.2) is 0 Å². The molecule has 1 aliphatic carbocycles. The fraction of sp³-hybridized carbons (Fsp3) is 0.462. The molecular formula is C13H18BrN3. The van der Waals surface area contributed by atoms with Crippen molar-refractivity contribution in [3.8, 4) is 0 Å². The Morgan fingerprint density at radius 3 is 2.76 bits per heavy atom. The van der Waals surface area contributed by atoms with Crippen LogP contribution in [0.2, 0.25) is 0 Å². The van der Waals surface area contributed by atoms with Gasteiger partial charge in [-0.15, -0.1) is 0 Å². The summed E-state index contributed by atoms with van der Waals surface area (Å²) in [6, 6.07) is 5.95. The van der Waals surface area contributed by atoms with E-state index in [1.165, 1.54) is 19.3 Å². The number of anilines is 1. The minimum absolute atomic E-state index is 0.118. The summed E-state index contributed by atoms with van der Waals surface area (Å²) in [7, 11) is 2.08. The van der Waals surface area contributed by atoms with Crippen LogP contribution in [0.3, 0.4) is 0 Å². The molecule has 0 atom stereocenters. The average Bonchev–Trinajstić information content (AvgIpc) is 2.22. The summed E-state index contributed by atoms with van der Waals surface area (Å²) in [5.74, 6) is 0.923. The smallest absolute Gasteiger partial charge is 0.126 e. The zero-order valence-electron chi connectivity index (χ0n) is 10.0. The third-order valence-electron chi connectivity index (χ3n) is 3.43. The zero-order valence-corrected chi connectivity index (χ0v) is 11.6. The Morgan fingerprint density at radius 1 is 1.53 bits per heavy atom. The van der Waals surface area contributed by atoms with Crippen LogP contribution in [-0.2, 0) is 0 Å². The van der Waals surface area contributed by atoms with Gasteiger partial charge < -0.3 is 10.6 Å². The Morgan fingerprint density at radius 2 is 2.24 bits per heavy atom. The molecule has 0 radical (unpaired) electrons. The first kappa shape index (κ1) is 12.4. The summed E-state index contributed by atoms with van der Waals surface area (Å²) in [5, 5.41) is 7.67. The highest BCUT2D eigenvalue weighted by atomic mass is 79.9. The van der Waals surface area contributed by atoms with Crippen molar-refractivity contribution in [1.82, 2.24) is 0 Å². The van der Waals surface area contributed by atoms with Gasteiger partial charge in [-0.1, -0.05) is 12.5 Å². The number of nitrogen functional groups attached to an aromatic ring is 1. The molecule has 0 unspecified atom stereocenters. The molecule has 1 aromatic carbocycles. The molecule has 92 valence electrons. The topological polar surface area (TPSA) is 53.1 Å². The summed E-state index contributed by atoms with van der Waals surface area (Å²) < 4.78 is 0.892. The van der Waals surface area contributed by atoms with Crippen molar-refractivity contribution < 1.29 is 0 Å². The molecule has 0 spiro atoms. The van der Waals surface area contributed by atoms with Crippen molar-refractivity contribution in [3.05, 3.63) is 28.2 Å². The van der Waals surface area contributed by atoms with Crippen molar-refractivity contribution in [3.63, 3.8) is 0 Å². The summed E-state index contributed by atoms with van der Waals surface area (Å²) >= 11 is 3.47. The number of hydrogen-bond donors (Lipinski definition) is 2. The highest BCUT2D eigenvalue weighted by molar-refractivity contribution is 9.10. The Labute approximate surface area is 111 Å². The van der Waals surface area contributed by atoms with E-state index in [4.69, 9.17) is 11.1 Å². The van der Waals surface area contributed by atoms with Gasteiger partial charge in [-0.05, 0) is 46.8 Å². The number of hydrogen-bond acceptors (Lipinski definition) is 2. The fourth-order valence-corrected chi connectivity index (χ4v) is 2.83. The Hall–Kier alpha value is -1.03. The molecule has 0 amide bonds. The minimum atomic E-state index is 0.118. The summed E-state index contributed by atoms with van der Waals surface area (Å²) in [6.45, 7) is 1.05. The average molecular weight is 296 g/mol. The minimum Gasteiger partial charge on any atom is -0.384 e. The molecule has 17 heavy (non-hydrogen) atoms. The molecule has 0 aliphatic heterocycles. The molecule has 1 saturated carbocycles. The molecule has 1 aromatic rings. The highest BCUT2D eigenvalue weighted by Crippen LogP contribution is 2.31. The molecule has 1 fully saturated rings.